The maximum atomic E-state index is 13.3. The summed E-state index contributed by atoms with van der Waals surface area (Å²) in [7, 11) is 0. The van der Waals surface area contributed by atoms with E-state index >= 15 is 0 Å². The quantitative estimate of drug-likeness (QED) is 0.308. The maximum Gasteiger partial charge on any atom is 0.335 e. The van der Waals surface area contributed by atoms with E-state index in [9.17, 15) is 19.2 Å². The van der Waals surface area contributed by atoms with Crippen molar-refractivity contribution in [2.75, 3.05) is 30.2 Å². The largest absolute Gasteiger partial charge is 0.490 e. The van der Waals surface area contributed by atoms with Crippen LogP contribution in [-0.4, -0.2) is 43.8 Å². The van der Waals surface area contributed by atoms with Crippen molar-refractivity contribution in [1.29, 1.82) is 0 Å². The van der Waals surface area contributed by atoms with Gasteiger partial charge >= 0.3 is 6.03 Å². The molecule has 12 heteroatoms. The van der Waals surface area contributed by atoms with E-state index in [0.29, 0.717) is 22.7 Å². The molecule has 2 aliphatic rings. The number of halogens is 1. The first-order valence-electron chi connectivity index (χ1n) is 12.1. The molecule has 204 valence electrons. The fourth-order valence-electron chi connectivity index (χ4n) is 4.01. The summed E-state index contributed by atoms with van der Waals surface area (Å²) in [5, 5.41) is 4.96. The molecule has 5 rings (SSSR count). The number of amides is 5. The molecule has 0 saturated carbocycles. The standard InChI is InChI=1S/C28H22ClN3O8/c1-2-37-23-12-16(11-20(29)25(23)38-14-24(33)30-17-6-4-3-5-7-17)10-19-26(34)31-28(36)32(27(19)35)18-8-9-21-22(13-18)40-15-39-21/h3-13H,2,14-15H2,1H3,(H,30,33)(H,31,34,36)/b19-10+. The van der Waals surface area contributed by atoms with E-state index in [1.54, 1.807) is 37.3 Å². The first-order valence-corrected chi connectivity index (χ1v) is 12.5. The average Bonchev–Trinajstić information content (AvgIpc) is 3.39. The molecular formula is C28H22ClN3O8. The van der Waals surface area contributed by atoms with Crippen LogP contribution in [0.3, 0.4) is 0 Å². The van der Waals surface area contributed by atoms with Crippen LogP contribution < -0.4 is 34.5 Å². The van der Waals surface area contributed by atoms with Gasteiger partial charge in [0.25, 0.3) is 17.7 Å². The summed E-state index contributed by atoms with van der Waals surface area (Å²) in [5.74, 6) is -0.987. The molecule has 0 atom stereocenters. The molecule has 0 bridgehead atoms. The number of benzene rings is 3. The second kappa shape index (κ2) is 11.4. The van der Waals surface area contributed by atoms with Crippen LogP contribution in [0, 0.1) is 0 Å². The van der Waals surface area contributed by atoms with E-state index in [1.165, 1.54) is 30.3 Å². The lowest BCUT2D eigenvalue weighted by molar-refractivity contribution is -0.122. The number of fused-ring (bicyclic) bond motifs is 1. The molecule has 1 fully saturated rings. The zero-order valence-electron chi connectivity index (χ0n) is 21.1. The monoisotopic (exact) mass is 563 g/mol. The molecule has 40 heavy (non-hydrogen) atoms. The number of para-hydroxylation sites is 1. The Morgan fingerprint density at radius 3 is 2.60 bits per heavy atom. The van der Waals surface area contributed by atoms with Crippen molar-refractivity contribution >= 4 is 52.8 Å². The summed E-state index contributed by atoms with van der Waals surface area (Å²) in [6, 6.07) is 15.5. The molecule has 2 aliphatic heterocycles. The number of ether oxygens (including phenoxy) is 4. The molecule has 0 radical (unpaired) electrons. The van der Waals surface area contributed by atoms with Gasteiger partial charge in [-0.3, -0.25) is 19.7 Å². The van der Waals surface area contributed by atoms with E-state index in [2.05, 4.69) is 10.6 Å². The van der Waals surface area contributed by atoms with Crippen molar-refractivity contribution in [3.8, 4) is 23.0 Å². The Morgan fingerprint density at radius 1 is 1.05 bits per heavy atom. The first kappa shape index (κ1) is 26.6. The van der Waals surface area contributed by atoms with Gasteiger partial charge in [-0.15, -0.1) is 0 Å². The number of carbonyl (C=O) groups is 4. The van der Waals surface area contributed by atoms with E-state index in [0.717, 1.165) is 4.90 Å². The van der Waals surface area contributed by atoms with Crippen molar-refractivity contribution in [1.82, 2.24) is 5.32 Å². The molecule has 0 aliphatic carbocycles. The topological polar surface area (TPSA) is 133 Å². The highest BCUT2D eigenvalue weighted by molar-refractivity contribution is 6.39. The molecule has 0 spiro atoms. The molecule has 0 unspecified atom stereocenters. The van der Waals surface area contributed by atoms with Crippen LogP contribution in [0.15, 0.2) is 66.2 Å². The molecular weight excluding hydrogens is 542 g/mol. The van der Waals surface area contributed by atoms with Crippen LogP contribution in [0.4, 0.5) is 16.2 Å². The van der Waals surface area contributed by atoms with E-state index in [-0.39, 0.29) is 47.8 Å². The Hall–Kier alpha value is -5.03. The lowest BCUT2D eigenvalue weighted by Crippen LogP contribution is -2.54. The van der Waals surface area contributed by atoms with E-state index < -0.39 is 23.8 Å². The Balaban J connectivity index is 1.39. The summed E-state index contributed by atoms with van der Waals surface area (Å²) >= 11 is 6.46. The Bertz CT molecular complexity index is 1540. The summed E-state index contributed by atoms with van der Waals surface area (Å²) in [4.78, 5) is 51.7. The molecule has 3 aromatic carbocycles. The van der Waals surface area contributed by atoms with Crippen LogP contribution in [0.25, 0.3) is 6.08 Å². The minimum atomic E-state index is -0.906. The second-order valence-electron chi connectivity index (χ2n) is 8.46. The summed E-state index contributed by atoms with van der Waals surface area (Å²) in [6.45, 7) is 1.66. The summed E-state index contributed by atoms with van der Waals surface area (Å²) < 4.78 is 21.9. The van der Waals surface area contributed by atoms with E-state index in [4.69, 9.17) is 30.5 Å². The van der Waals surface area contributed by atoms with Gasteiger partial charge in [0.2, 0.25) is 6.79 Å². The molecule has 5 amide bonds. The SMILES string of the molecule is CCOc1cc(/C=C2\C(=O)NC(=O)N(c3ccc4c(c3)OCO4)C2=O)cc(Cl)c1OCC(=O)Nc1ccccc1. The highest BCUT2D eigenvalue weighted by atomic mass is 35.5. The normalized spacial score (nSPS) is 15.2. The number of imide groups is 2. The van der Waals surface area contributed by atoms with Crippen LogP contribution in [0.2, 0.25) is 5.02 Å². The zero-order chi connectivity index (χ0) is 28.2. The third-order valence-corrected chi connectivity index (χ3v) is 6.04. The zero-order valence-corrected chi connectivity index (χ0v) is 21.8. The fraction of sp³-hybridized carbons (Fsp3) is 0.143. The van der Waals surface area contributed by atoms with Gasteiger partial charge in [-0.25, -0.2) is 9.69 Å². The molecule has 0 aromatic heterocycles. The lowest BCUT2D eigenvalue weighted by Gasteiger charge is -2.26. The van der Waals surface area contributed by atoms with Gasteiger partial charge in [-0.05, 0) is 55.0 Å². The number of anilines is 2. The number of urea groups is 1. The van der Waals surface area contributed by atoms with Gasteiger partial charge in [-0.2, -0.15) is 0 Å². The highest BCUT2D eigenvalue weighted by Crippen LogP contribution is 2.39. The minimum absolute atomic E-state index is 0.0168. The van der Waals surface area contributed by atoms with Gasteiger partial charge in [0.15, 0.2) is 29.6 Å². The van der Waals surface area contributed by atoms with Crippen LogP contribution in [-0.2, 0) is 14.4 Å². The van der Waals surface area contributed by atoms with Crippen molar-refractivity contribution in [3.63, 3.8) is 0 Å². The number of nitrogens with zero attached hydrogens (tertiary/aromatic N) is 1. The number of rotatable bonds is 8. The number of carbonyl (C=O) groups excluding carboxylic acids is 4. The predicted molar refractivity (Wildman–Crippen MR) is 145 cm³/mol. The smallest absolute Gasteiger partial charge is 0.335 e. The third kappa shape index (κ3) is 5.54. The lowest BCUT2D eigenvalue weighted by atomic mass is 10.1. The fourth-order valence-corrected chi connectivity index (χ4v) is 4.29. The Labute approximate surface area is 233 Å². The molecule has 2 heterocycles. The average molecular weight is 564 g/mol. The van der Waals surface area contributed by atoms with Gasteiger partial charge in [-0.1, -0.05) is 29.8 Å². The van der Waals surface area contributed by atoms with Crippen LogP contribution in [0.5, 0.6) is 23.0 Å². The van der Waals surface area contributed by atoms with Crippen molar-refractivity contribution in [2.24, 2.45) is 0 Å². The van der Waals surface area contributed by atoms with Crippen molar-refractivity contribution in [3.05, 3.63) is 76.8 Å². The Kier molecular flexibility index (Phi) is 7.56. The number of barbiturate groups is 1. The summed E-state index contributed by atoms with van der Waals surface area (Å²) in [6.07, 6.45) is 1.28. The van der Waals surface area contributed by atoms with Gasteiger partial charge in [0.1, 0.15) is 5.57 Å². The van der Waals surface area contributed by atoms with Crippen LogP contribution in [0.1, 0.15) is 12.5 Å². The van der Waals surface area contributed by atoms with Gasteiger partial charge in [0, 0.05) is 11.8 Å². The van der Waals surface area contributed by atoms with Crippen LogP contribution >= 0.6 is 11.6 Å². The minimum Gasteiger partial charge on any atom is -0.490 e. The van der Waals surface area contributed by atoms with E-state index in [1.807, 2.05) is 6.07 Å². The van der Waals surface area contributed by atoms with Gasteiger partial charge in [0.05, 0.1) is 17.3 Å². The summed E-state index contributed by atoms with van der Waals surface area (Å²) in [5.41, 5.74) is 0.813. The first-order chi connectivity index (χ1) is 19.3. The number of hydrogen-bond donors (Lipinski definition) is 2. The van der Waals surface area contributed by atoms with Crippen molar-refractivity contribution < 1.29 is 38.1 Å². The van der Waals surface area contributed by atoms with Gasteiger partial charge < -0.3 is 24.3 Å². The van der Waals surface area contributed by atoms with Crippen molar-refractivity contribution in [2.45, 2.75) is 6.92 Å². The second-order valence-corrected chi connectivity index (χ2v) is 8.87. The maximum absolute atomic E-state index is 13.3. The molecule has 3 aromatic rings. The molecule has 2 N–H and O–H groups in total. The number of nitrogens with one attached hydrogen (secondary N) is 2. The Morgan fingerprint density at radius 2 is 1.82 bits per heavy atom. The predicted octanol–water partition coefficient (Wildman–Crippen LogP) is 4.15. The molecule has 1 saturated heterocycles. The molecule has 11 nitrogen and oxygen atoms in total. The third-order valence-electron chi connectivity index (χ3n) is 5.76. The number of hydrogen-bond acceptors (Lipinski definition) is 8. The highest BCUT2D eigenvalue weighted by Gasteiger charge is 2.37.